The van der Waals surface area contributed by atoms with Gasteiger partial charge in [-0.05, 0) is 59.0 Å². The zero-order valence-electron chi connectivity index (χ0n) is 13.2. The first-order chi connectivity index (χ1) is 10.1. The number of fused-ring (bicyclic) bond motifs is 1. The molecule has 0 spiro atoms. The number of rotatable bonds is 5. The Labute approximate surface area is 131 Å². The third-order valence-corrected chi connectivity index (χ3v) is 5.90. The molecule has 0 bridgehead atoms. The SMILES string of the molecule is CNC(Cc1nc2ccccc2s1)C(C)(C)N1CCCC1. The normalized spacial score (nSPS) is 18.4. The number of likely N-dealkylation sites (N-methyl/N-ethyl adjacent to an activating group) is 1. The Balaban J connectivity index is 1.79. The number of benzene rings is 1. The fraction of sp³-hybridized carbons (Fsp3) is 0.588. The quantitative estimate of drug-likeness (QED) is 0.918. The first-order valence-corrected chi connectivity index (χ1v) is 8.69. The van der Waals surface area contributed by atoms with Crippen LogP contribution in [-0.2, 0) is 6.42 Å². The van der Waals surface area contributed by atoms with E-state index >= 15 is 0 Å². The van der Waals surface area contributed by atoms with Gasteiger partial charge in [0, 0.05) is 18.0 Å². The van der Waals surface area contributed by atoms with Crippen molar-refractivity contribution in [2.24, 2.45) is 0 Å². The zero-order chi connectivity index (χ0) is 14.9. The van der Waals surface area contributed by atoms with Crippen LogP contribution in [0.25, 0.3) is 10.2 Å². The van der Waals surface area contributed by atoms with E-state index in [-0.39, 0.29) is 5.54 Å². The molecule has 21 heavy (non-hydrogen) atoms. The second-order valence-electron chi connectivity index (χ2n) is 6.47. The van der Waals surface area contributed by atoms with Gasteiger partial charge in [0.15, 0.2) is 0 Å². The summed E-state index contributed by atoms with van der Waals surface area (Å²) in [6.07, 6.45) is 3.67. The van der Waals surface area contributed by atoms with Crippen LogP contribution in [0.15, 0.2) is 24.3 Å². The van der Waals surface area contributed by atoms with Crippen molar-refractivity contribution in [3.05, 3.63) is 29.3 Å². The topological polar surface area (TPSA) is 28.2 Å². The number of hydrogen-bond donors (Lipinski definition) is 1. The standard InChI is InChI=1S/C17H25N3S/c1-17(2,20-10-6-7-11-20)15(18-3)12-16-19-13-8-4-5-9-14(13)21-16/h4-5,8-9,15,18H,6-7,10-12H2,1-3H3. The van der Waals surface area contributed by atoms with Gasteiger partial charge in [0.2, 0.25) is 0 Å². The van der Waals surface area contributed by atoms with Gasteiger partial charge in [-0.1, -0.05) is 12.1 Å². The molecule has 1 fully saturated rings. The molecule has 1 atom stereocenters. The maximum atomic E-state index is 4.80. The molecule has 1 aliphatic heterocycles. The molecule has 114 valence electrons. The van der Waals surface area contributed by atoms with Gasteiger partial charge in [0.25, 0.3) is 0 Å². The monoisotopic (exact) mass is 303 g/mol. The summed E-state index contributed by atoms with van der Waals surface area (Å²) >= 11 is 1.83. The highest BCUT2D eigenvalue weighted by Gasteiger charge is 2.36. The molecule has 0 saturated carbocycles. The predicted octanol–water partition coefficient (Wildman–Crippen LogP) is 3.30. The molecule has 4 heteroatoms. The first-order valence-electron chi connectivity index (χ1n) is 7.88. The molecule has 1 N–H and O–H groups in total. The van der Waals surface area contributed by atoms with Gasteiger partial charge in [0.1, 0.15) is 0 Å². The fourth-order valence-corrected chi connectivity index (χ4v) is 4.41. The molecule has 0 aliphatic carbocycles. The summed E-state index contributed by atoms with van der Waals surface area (Å²) in [5, 5.41) is 4.78. The number of hydrogen-bond acceptors (Lipinski definition) is 4. The third-order valence-electron chi connectivity index (χ3n) is 4.84. The second kappa shape index (κ2) is 6.03. The summed E-state index contributed by atoms with van der Waals surface area (Å²) in [4.78, 5) is 7.43. The Kier molecular flexibility index (Phi) is 4.29. The molecular formula is C17H25N3S. The van der Waals surface area contributed by atoms with Crippen molar-refractivity contribution < 1.29 is 0 Å². The van der Waals surface area contributed by atoms with Gasteiger partial charge in [-0.3, -0.25) is 4.90 Å². The van der Waals surface area contributed by atoms with Gasteiger partial charge >= 0.3 is 0 Å². The highest BCUT2D eigenvalue weighted by molar-refractivity contribution is 7.18. The smallest absolute Gasteiger partial charge is 0.0954 e. The van der Waals surface area contributed by atoms with Crippen LogP contribution in [0.2, 0.25) is 0 Å². The largest absolute Gasteiger partial charge is 0.315 e. The summed E-state index contributed by atoms with van der Waals surface area (Å²) in [5.41, 5.74) is 1.30. The molecule has 3 rings (SSSR count). The molecule has 1 unspecified atom stereocenters. The summed E-state index contributed by atoms with van der Waals surface area (Å²) in [6.45, 7) is 7.19. The molecule has 1 saturated heterocycles. The Hall–Kier alpha value is -0.970. The minimum Gasteiger partial charge on any atom is -0.315 e. The molecule has 2 heterocycles. The van der Waals surface area contributed by atoms with Crippen molar-refractivity contribution in [1.29, 1.82) is 0 Å². The molecule has 3 nitrogen and oxygen atoms in total. The van der Waals surface area contributed by atoms with E-state index in [1.807, 2.05) is 11.3 Å². The lowest BCUT2D eigenvalue weighted by molar-refractivity contribution is 0.110. The number of likely N-dealkylation sites (tertiary alicyclic amines) is 1. The Morgan fingerprint density at radius 3 is 2.67 bits per heavy atom. The van der Waals surface area contributed by atoms with Crippen molar-refractivity contribution in [1.82, 2.24) is 15.2 Å². The molecule has 1 aliphatic rings. The molecule has 0 radical (unpaired) electrons. The van der Waals surface area contributed by atoms with Gasteiger partial charge in [-0.15, -0.1) is 11.3 Å². The molecular weight excluding hydrogens is 278 g/mol. The van der Waals surface area contributed by atoms with Crippen LogP contribution in [0.3, 0.4) is 0 Å². The number of nitrogens with zero attached hydrogens (tertiary/aromatic N) is 2. The number of para-hydroxylation sites is 1. The summed E-state index contributed by atoms with van der Waals surface area (Å²) in [6, 6.07) is 8.85. The average molecular weight is 303 g/mol. The van der Waals surface area contributed by atoms with Crippen LogP contribution in [0, 0.1) is 0 Å². The van der Waals surface area contributed by atoms with Crippen LogP contribution in [0.4, 0.5) is 0 Å². The molecule has 0 amide bonds. The summed E-state index contributed by atoms with van der Waals surface area (Å²) in [5.74, 6) is 0. The van der Waals surface area contributed by atoms with Crippen LogP contribution in [0.1, 0.15) is 31.7 Å². The number of nitrogens with one attached hydrogen (secondary N) is 1. The van der Waals surface area contributed by atoms with Crippen LogP contribution in [-0.4, -0.2) is 41.6 Å². The average Bonchev–Trinajstić information content (AvgIpc) is 3.13. The van der Waals surface area contributed by atoms with Gasteiger partial charge < -0.3 is 5.32 Å². The third kappa shape index (κ3) is 2.98. The number of aromatic nitrogens is 1. The lowest BCUT2D eigenvalue weighted by atomic mass is 9.90. The van der Waals surface area contributed by atoms with Crippen molar-refractivity contribution in [2.45, 2.75) is 44.7 Å². The maximum Gasteiger partial charge on any atom is 0.0954 e. The van der Waals surface area contributed by atoms with E-state index in [1.54, 1.807) is 0 Å². The van der Waals surface area contributed by atoms with E-state index in [2.05, 4.69) is 55.4 Å². The van der Waals surface area contributed by atoms with Gasteiger partial charge in [-0.2, -0.15) is 0 Å². The minimum absolute atomic E-state index is 0.170. The Morgan fingerprint density at radius 1 is 1.29 bits per heavy atom. The van der Waals surface area contributed by atoms with E-state index in [0.29, 0.717) is 6.04 Å². The molecule has 1 aromatic carbocycles. The first kappa shape index (κ1) is 14.9. The van der Waals surface area contributed by atoms with Crippen LogP contribution >= 0.6 is 11.3 Å². The Bertz CT molecular complexity index is 566. The van der Waals surface area contributed by atoms with Gasteiger partial charge in [-0.25, -0.2) is 4.98 Å². The lowest BCUT2D eigenvalue weighted by Crippen LogP contribution is -2.57. The van der Waals surface area contributed by atoms with Crippen molar-refractivity contribution >= 4 is 21.6 Å². The maximum absolute atomic E-state index is 4.80. The van der Waals surface area contributed by atoms with E-state index in [0.717, 1.165) is 11.9 Å². The Morgan fingerprint density at radius 2 is 2.00 bits per heavy atom. The number of thiazole rings is 1. The zero-order valence-corrected chi connectivity index (χ0v) is 14.0. The van der Waals surface area contributed by atoms with Crippen LogP contribution in [0.5, 0.6) is 0 Å². The van der Waals surface area contributed by atoms with E-state index in [4.69, 9.17) is 4.98 Å². The highest BCUT2D eigenvalue weighted by atomic mass is 32.1. The lowest BCUT2D eigenvalue weighted by Gasteiger charge is -2.42. The van der Waals surface area contributed by atoms with Crippen molar-refractivity contribution in [3.63, 3.8) is 0 Å². The van der Waals surface area contributed by atoms with E-state index in [9.17, 15) is 0 Å². The highest BCUT2D eigenvalue weighted by Crippen LogP contribution is 2.28. The van der Waals surface area contributed by atoms with Gasteiger partial charge in [0.05, 0.1) is 15.2 Å². The minimum atomic E-state index is 0.170. The molecule has 2 aromatic rings. The summed E-state index contributed by atoms with van der Waals surface area (Å²) in [7, 11) is 2.08. The fourth-order valence-electron chi connectivity index (χ4n) is 3.40. The van der Waals surface area contributed by atoms with Crippen molar-refractivity contribution in [3.8, 4) is 0 Å². The van der Waals surface area contributed by atoms with Crippen molar-refractivity contribution in [2.75, 3.05) is 20.1 Å². The van der Waals surface area contributed by atoms with E-state index in [1.165, 1.54) is 35.6 Å². The van der Waals surface area contributed by atoms with Crippen LogP contribution < -0.4 is 5.32 Å². The summed E-state index contributed by atoms with van der Waals surface area (Å²) < 4.78 is 1.29. The predicted molar refractivity (Wildman–Crippen MR) is 91.1 cm³/mol. The molecule has 1 aromatic heterocycles. The van der Waals surface area contributed by atoms with E-state index < -0.39 is 0 Å². The second-order valence-corrected chi connectivity index (χ2v) is 7.58.